The highest BCUT2D eigenvalue weighted by atomic mass is 16.2. The van der Waals surface area contributed by atoms with Gasteiger partial charge in [0.05, 0.1) is 6.04 Å². The molecule has 1 aliphatic heterocycles. The van der Waals surface area contributed by atoms with Crippen molar-refractivity contribution in [1.82, 2.24) is 10.6 Å². The molecule has 0 aromatic carbocycles. The summed E-state index contributed by atoms with van der Waals surface area (Å²) in [6, 6.07) is 0.0579. The third kappa shape index (κ3) is 2.50. The van der Waals surface area contributed by atoms with Gasteiger partial charge in [-0.2, -0.15) is 0 Å². The van der Waals surface area contributed by atoms with Crippen LogP contribution in [-0.4, -0.2) is 25.0 Å². The minimum atomic E-state index is 0.0579. The summed E-state index contributed by atoms with van der Waals surface area (Å²) in [7, 11) is 0. The molecule has 1 amide bonds. The van der Waals surface area contributed by atoms with E-state index < -0.39 is 0 Å². The second kappa shape index (κ2) is 4.34. The van der Waals surface area contributed by atoms with E-state index >= 15 is 0 Å². The van der Waals surface area contributed by atoms with E-state index in [0.717, 1.165) is 32.4 Å². The Balaban J connectivity index is 2.39. The van der Waals surface area contributed by atoms with Crippen LogP contribution in [0.4, 0.5) is 0 Å². The van der Waals surface area contributed by atoms with Crippen molar-refractivity contribution in [3.63, 3.8) is 0 Å². The van der Waals surface area contributed by atoms with Gasteiger partial charge in [0.15, 0.2) is 0 Å². The molecule has 11 heavy (non-hydrogen) atoms. The Kier molecular flexibility index (Phi) is 3.36. The third-order valence-electron chi connectivity index (χ3n) is 1.99. The van der Waals surface area contributed by atoms with Crippen LogP contribution in [0.3, 0.4) is 0 Å². The highest BCUT2D eigenvalue weighted by Crippen LogP contribution is 2.04. The lowest BCUT2D eigenvalue weighted by Gasteiger charge is -2.12. The topological polar surface area (TPSA) is 41.1 Å². The second-order valence-electron chi connectivity index (χ2n) is 2.90. The molecule has 0 spiro atoms. The monoisotopic (exact) mass is 156 g/mol. The number of likely N-dealkylation sites (N-methyl/N-ethyl adjacent to an activating group) is 1. The first-order valence-electron chi connectivity index (χ1n) is 4.35. The van der Waals surface area contributed by atoms with E-state index in [1.165, 1.54) is 0 Å². The summed E-state index contributed by atoms with van der Waals surface area (Å²) >= 11 is 0. The summed E-state index contributed by atoms with van der Waals surface area (Å²) < 4.78 is 0. The zero-order valence-electron chi connectivity index (χ0n) is 7.02. The Labute approximate surface area is 67.5 Å². The Bertz CT molecular complexity index is 136. The van der Waals surface area contributed by atoms with Crippen molar-refractivity contribution in [2.75, 3.05) is 13.1 Å². The predicted octanol–water partition coefficient (Wildman–Crippen LogP) is 0.265. The highest BCUT2D eigenvalue weighted by Gasteiger charge is 2.18. The van der Waals surface area contributed by atoms with E-state index in [1.807, 2.05) is 6.92 Å². The van der Waals surface area contributed by atoms with Crippen molar-refractivity contribution in [3.05, 3.63) is 0 Å². The molecule has 0 radical (unpaired) electrons. The summed E-state index contributed by atoms with van der Waals surface area (Å²) in [5.74, 6) is 0.171. The molecule has 3 heteroatoms. The van der Waals surface area contributed by atoms with E-state index in [4.69, 9.17) is 0 Å². The van der Waals surface area contributed by atoms with Crippen LogP contribution in [0.1, 0.15) is 26.2 Å². The van der Waals surface area contributed by atoms with E-state index in [-0.39, 0.29) is 11.9 Å². The van der Waals surface area contributed by atoms with Crippen LogP contribution < -0.4 is 10.6 Å². The molecule has 1 fully saturated rings. The first-order valence-corrected chi connectivity index (χ1v) is 4.35. The van der Waals surface area contributed by atoms with Crippen LogP contribution in [0.5, 0.6) is 0 Å². The Morgan fingerprint density at radius 2 is 2.45 bits per heavy atom. The van der Waals surface area contributed by atoms with Gasteiger partial charge in [0.25, 0.3) is 0 Å². The molecule has 1 saturated heterocycles. The first-order chi connectivity index (χ1) is 5.34. The van der Waals surface area contributed by atoms with Crippen LogP contribution in [-0.2, 0) is 4.79 Å². The summed E-state index contributed by atoms with van der Waals surface area (Å²) in [5.41, 5.74) is 0. The van der Waals surface area contributed by atoms with Gasteiger partial charge in [-0.25, -0.2) is 0 Å². The van der Waals surface area contributed by atoms with Crippen molar-refractivity contribution in [3.8, 4) is 0 Å². The minimum absolute atomic E-state index is 0.0579. The molecule has 0 aromatic rings. The molecule has 1 aliphatic rings. The first kappa shape index (κ1) is 8.53. The molecule has 0 unspecified atom stereocenters. The summed E-state index contributed by atoms with van der Waals surface area (Å²) in [6.45, 7) is 3.75. The van der Waals surface area contributed by atoms with Crippen LogP contribution in [0.25, 0.3) is 0 Å². The second-order valence-corrected chi connectivity index (χ2v) is 2.90. The van der Waals surface area contributed by atoms with Gasteiger partial charge in [-0.05, 0) is 25.8 Å². The molecule has 1 heterocycles. The van der Waals surface area contributed by atoms with E-state index in [1.54, 1.807) is 0 Å². The smallest absolute Gasteiger partial charge is 0.237 e. The average molecular weight is 156 g/mol. The molecule has 64 valence electrons. The SMILES string of the molecule is CCN[C@@H]1CCCCNC1=O. The highest BCUT2D eigenvalue weighted by molar-refractivity contribution is 5.81. The molecule has 2 N–H and O–H groups in total. The summed E-state index contributed by atoms with van der Waals surface area (Å²) in [5, 5.41) is 6.04. The van der Waals surface area contributed by atoms with Gasteiger partial charge < -0.3 is 10.6 Å². The summed E-state index contributed by atoms with van der Waals surface area (Å²) in [4.78, 5) is 11.2. The zero-order valence-corrected chi connectivity index (χ0v) is 7.02. The number of carbonyl (C=O) groups excluding carboxylic acids is 1. The molecule has 0 aliphatic carbocycles. The lowest BCUT2D eigenvalue weighted by Crippen LogP contribution is -2.42. The van der Waals surface area contributed by atoms with Gasteiger partial charge in [0, 0.05) is 6.54 Å². The third-order valence-corrected chi connectivity index (χ3v) is 1.99. The summed E-state index contributed by atoms with van der Waals surface area (Å²) in [6.07, 6.45) is 3.25. The van der Waals surface area contributed by atoms with Gasteiger partial charge in [0.1, 0.15) is 0 Å². The van der Waals surface area contributed by atoms with Crippen LogP contribution in [0.2, 0.25) is 0 Å². The molecule has 1 atom stereocenters. The van der Waals surface area contributed by atoms with Crippen molar-refractivity contribution in [2.45, 2.75) is 32.2 Å². The fraction of sp³-hybridized carbons (Fsp3) is 0.875. The lowest BCUT2D eigenvalue weighted by molar-refractivity contribution is -0.122. The van der Waals surface area contributed by atoms with Crippen LogP contribution in [0.15, 0.2) is 0 Å². The maximum atomic E-state index is 11.2. The number of carbonyl (C=O) groups is 1. The maximum Gasteiger partial charge on any atom is 0.237 e. The normalized spacial score (nSPS) is 25.9. The predicted molar refractivity (Wildman–Crippen MR) is 44.3 cm³/mol. The Morgan fingerprint density at radius 3 is 3.18 bits per heavy atom. The van der Waals surface area contributed by atoms with Crippen LogP contribution in [0, 0.1) is 0 Å². The molecule has 0 aromatic heterocycles. The standard InChI is InChI=1S/C8H16N2O/c1-2-9-7-5-3-4-6-10-8(7)11/h7,9H,2-6H2,1H3,(H,10,11)/t7-/m1/s1. The quantitative estimate of drug-likeness (QED) is 0.602. The molecular weight excluding hydrogens is 140 g/mol. The number of nitrogens with one attached hydrogen (secondary N) is 2. The van der Waals surface area contributed by atoms with Crippen LogP contribution >= 0.6 is 0 Å². The van der Waals surface area contributed by atoms with E-state index in [0.29, 0.717) is 0 Å². The van der Waals surface area contributed by atoms with Crippen molar-refractivity contribution in [1.29, 1.82) is 0 Å². The maximum absolute atomic E-state index is 11.2. The van der Waals surface area contributed by atoms with Gasteiger partial charge in [-0.1, -0.05) is 6.92 Å². The number of hydrogen-bond acceptors (Lipinski definition) is 2. The number of rotatable bonds is 2. The van der Waals surface area contributed by atoms with E-state index in [2.05, 4.69) is 10.6 Å². The number of amides is 1. The molecule has 0 bridgehead atoms. The van der Waals surface area contributed by atoms with E-state index in [9.17, 15) is 4.79 Å². The Hall–Kier alpha value is -0.570. The Morgan fingerprint density at radius 1 is 1.64 bits per heavy atom. The van der Waals surface area contributed by atoms with Gasteiger partial charge in [-0.15, -0.1) is 0 Å². The van der Waals surface area contributed by atoms with Gasteiger partial charge >= 0.3 is 0 Å². The van der Waals surface area contributed by atoms with Gasteiger partial charge in [-0.3, -0.25) is 4.79 Å². The molecule has 0 saturated carbocycles. The fourth-order valence-electron chi connectivity index (χ4n) is 1.38. The number of hydrogen-bond donors (Lipinski definition) is 2. The molecular formula is C8H16N2O. The van der Waals surface area contributed by atoms with Crippen molar-refractivity contribution < 1.29 is 4.79 Å². The molecule has 3 nitrogen and oxygen atoms in total. The van der Waals surface area contributed by atoms with Crippen molar-refractivity contribution in [2.24, 2.45) is 0 Å². The largest absolute Gasteiger partial charge is 0.355 e. The molecule has 1 rings (SSSR count). The fourth-order valence-corrected chi connectivity index (χ4v) is 1.38. The lowest BCUT2D eigenvalue weighted by atomic mass is 10.1. The zero-order chi connectivity index (χ0) is 8.10. The average Bonchev–Trinajstić information content (AvgIpc) is 2.18. The van der Waals surface area contributed by atoms with Gasteiger partial charge in [0.2, 0.25) is 5.91 Å². The minimum Gasteiger partial charge on any atom is -0.355 e. The van der Waals surface area contributed by atoms with Crippen molar-refractivity contribution >= 4 is 5.91 Å².